The maximum atomic E-state index is 12.2. The van der Waals surface area contributed by atoms with Crippen molar-refractivity contribution >= 4 is 12.0 Å². The lowest BCUT2D eigenvalue weighted by Gasteiger charge is -2.10. The second-order valence-corrected chi connectivity index (χ2v) is 6.32. The van der Waals surface area contributed by atoms with Crippen molar-refractivity contribution in [3.63, 3.8) is 0 Å². The zero-order valence-corrected chi connectivity index (χ0v) is 15.8. The first-order valence-electron chi connectivity index (χ1n) is 9.00. The van der Waals surface area contributed by atoms with Gasteiger partial charge in [-0.1, -0.05) is 6.07 Å². The van der Waals surface area contributed by atoms with Crippen molar-refractivity contribution in [2.75, 3.05) is 13.7 Å². The van der Waals surface area contributed by atoms with E-state index < -0.39 is 0 Å². The minimum atomic E-state index is -0.192. The van der Waals surface area contributed by atoms with E-state index in [1.807, 2.05) is 32.0 Å². The van der Waals surface area contributed by atoms with E-state index in [0.29, 0.717) is 19.0 Å². The van der Waals surface area contributed by atoms with E-state index >= 15 is 0 Å². The molecule has 1 aliphatic heterocycles. The number of ether oxygens (including phenoxy) is 3. The molecule has 27 heavy (non-hydrogen) atoms. The van der Waals surface area contributed by atoms with Gasteiger partial charge in [-0.2, -0.15) is 0 Å². The quantitative estimate of drug-likeness (QED) is 0.761. The van der Waals surface area contributed by atoms with Gasteiger partial charge in [0, 0.05) is 42.4 Å². The van der Waals surface area contributed by atoms with Crippen LogP contribution in [0.5, 0.6) is 17.4 Å². The maximum absolute atomic E-state index is 12.2. The van der Waals surface area contributed by atoms with Crippen molar-refractivity contribution in [1.29, 1.82) is 0 Å². The highest BCUT2D eigenvalue weighted by molar-refractivity contribution is 5.92. The van der Waals surface area contributed by atoms with Gasteiger partial charge in [-0.25, -0.2) is 4.98 Å². The summed E-state index contributed by atoms with van der Waals surface area (Å²) in [6.45, 7) is 4.93. The fraction of sp³-hybridized carbons (Fsp3) is 0.333. The molecule has 142 valence electrons. The normalized spacial score (nSPS) is 15.3. The Bertz CT molecular complexity index is 831. The number of fused-ring (bicyclic) bond motifs is 1. The molecule has 0 saturated heterocycles. The summed E-state index contributed by atoms with van der Waals surface area (Å²) in [6.07, 6.45) is 5.96. The first-order valence-corrected chi connectivity index (χ1v) is 9.00. The third-order valence-corrected chi connectivity index (χ3v) is 4.22. The number of carbonyl (C=O) groups excluding carboxylic acids is 1. The van der Waals surface area contributed by atoms with Crippen molar-refractivity contribution in [2.24, 2.45) is 0 Å². The smallest absolute Gasteiger partial charge is 0.244 e. The Kier molecular flexibility index (Phi) is 5.96. The number of methoxy groups -OCH3 is 1. The van der Waals surface area contributed by atoms with Crippen molar-refractivity contribution < 1.29 is 19.0 Å². The number of nitrogens with one attached hydrogen (secondary N) is 1. The fourth-order valence-corrected chi connectivity index (χ4v) is 2.92. The Balaban J connectivity index is 1.65. The SMILES string of the molecule is CCOc1cc2c(cc1/C=C/C(=O)NCc1ccc(OC)nc1)OC(C)C2. The molecule has 1 aromatic carbocycles. The fourth-order valence-electron chi connectivity index (χ4n) is 2.92. The summed E-state index contributed by atoms with van der Waals surface area (Å²) in [5.41, 5.74) is 2.86. The average Bonchev–Trinajstić information content (AvgIpc) is 3.04. The van der Waals surface area contributed by atoms with Crippen molar-refractivity contribution in [1.82, 2.24) is 10.3 Å². The van der Waals surface area contributed by atoms with E-state index in [9.17, 15) is 4.79 Å². The molecule has 0 spiro atoms. The van der Waals surface area contributed by atoms with Crippen LogP contribution in [0.25, 0.3) is 6.08 Å². The number of benzene rings is 1. The van der Waals surface area contributed by atoms with Crippen LogP contribution in [0.2, 0.25) is 0 Å². The molecular weight excluding hydrogens is 344 g/mol. The van der Waals surface area contributed by atoms with E-state index in [0.717, 1.165) is 34.6 Å². The standard InChI is InChI=1S/C21H24N2O4/c1-4-26-18-11-17-9-14(2)27-19(17)10-16(18)6-7-20(24)22-12-15-5-8-21(25-3)23-13-15/h5-8,10-11,13-14H,4,9,12H2,1-3H3,(H,22,24)/b7-6+. The van der Waals surface area contributed by atoms with Gasteiger partial charge in [0.2, 0.25) is 11.8 Å². The van der Waals surface area contributed by atoms with Crippen molar-refractivity contribution in [2.45, 2.75) is 32.9 Å². The Labute approximate surface area is 159 Å². The Morgan fingerprint density at radius 3 is 2.96 bits per heavy atom. The zero-order valence-electron chi connectivity index (χ0n) is 15.8. The molecule has 0 fully saturated rings. The molecule has 0 aliphatic carbocycles. The number of carbonyl (C=O) groups is 1. The Morgan fingerprint density at radius 2 is 2.26 bits per heavy atom. The summed E-state index contributed by atoms with van der Waals surface area (Å²) in [5, 5.41) is 2.84. The van der Waals surface area contributed by atoms with Crippen LogP contribution in [0.3, 0.4) is 0 Å². The summed E-state index contributed by atoms with van der Waals surface area (Å²) in [4.78, 5) is 16.3. The van der Waals surface area contributed by atoms with Gasteiger partial charge < -0.3 is 19.5 Å². The van der Waals surface area contributed by atoms with Gasteiger partial charge in [0.25, 0.3) is 0 Å². The number of hydrogen-bond donors (Lipinski definition) is 1. The monoisotopic (exact) mass is 368 g/mol. The van der Waals surface area contributed by atoms with Gasteiger partial charge in [0.1, 0.15) is 17.6 Å². The highest BCUT2D eigenvalue weighted by Gasteiger charge is 2.21. The van der Waals surface area contributed by atoms with Gasteiger partial charge in [0.15, 0.2) is 0 Å². The number of nitrogens with zero attached hydrogens (tertiary/aromatic N) is 1. The lowest BCUT2D eigenvalue weighted by Crippen LogP contribution is -2.20. The first kappa shape index (κ1) is 18.8. The average molecular weight is 368 g/mol. The van der Waals surface area contributed by atoms with Crippen LogP contribution in [0.15, 0.2) is 36.5 Å². The molecule has 1 unspecified atom stereocenters. The zero-order chi connectivity index (χ0) is 19.2. The van der Waals surface area contributed by atoms with Gasteiger partial charge >= 0.3 is 0 Å². The number of amides is 1. The second-order valence-electron chi connectivity index (χ2n) is 6.32. The van der Waals surface area contributed by atoms with Gasteiger partial charge in [-0.05, 0) is 37.6 Å². The summed E-state index contributed by atoms with van der Waals surface area (Å²) in [7, 11) is 1.57. The molecule has 6 heteroatoms. The van der Waals surface area contributed by atoms with Gasteiger partial charge in [-0.3, -0.25) is 4.79 Å². The lowest BCUT2D eigenvalue weighted by molar-refractivity contribution is -0.116. The molecule has 1 aromatic heterocycles. The summed E-state index contributed by atoms with van der Waals surface area (Å²) in [5.74, 6) is 1.97. The Morgan fingerprint density at radius 1 is 1.41 bits per heavy atom. The highest BCUT2D eigenvalue weighted by atomic mass is 16.5. The van der Waals surface area contributed by atoms with Crippen LogP contribution >= 0.6 is 0 Å². The van der Waals surface area contributed by atoms with Crippen molar-refractivity contribution in [3.8, 4) is 17.4 Å². The third kappa shape index (κ3) is 4.78. The molecular formula is C21H24N2O4. The maximum Gasteiger partial charge on any atom is 0.244 e. The number of rotatable bonds is 7. The largest absolute Gasteiger partial charge is 0.493 e. The molecule has 0 bridgehead atoms. The summed E-state index contributed by atoms with van der Waals surface area (Å²) in [6, 6.07) is 7.56. The van der Waals surface area contributed by atoms with E-state index in [2.05, 4.69) is 10.3 Å². The summed E-state index contributed by atoms with van der Waals surface area (Å²) < 4.78 is 16.5. The van der Waals surface area contributed by atoms with E-state index in [-0.39, 0.29) is 12.0 Å². The minimum Gasteiger partial charge on any atom is -0.493 e. The molecule has 0 radical (unpaired) electrons. The highest BCUT2D eigenvalue weighted by Crippen LogP contribution is 2.35. The molecule has 1 N–H and O–H groups in total. The van der Waals surface area contributed by atoms with E-state index in [1.165, 1.54) is 6.08 Å². The molecule has 0 saturated carbocycles. The van der Waals surface area contributed by atoms with Crippen LogP contribution in [0, 0.1) is 0 Å². The third-order valence-electron chi connectivity index (χ3n) is 4.22. The van der Waals surface area contributed by atoms with Crippen LogP contribution < -0.4 is 19.5 Å². The van der Waals surface area contributed by atoms with Crippen molar-refractivity contribution in [3.05, 3.63) is 53.2 Å². The number of aromatic nitrogens is 1. The van der Waals surface area contributed by atoms with Gasteiger partial charge in [-0.15, -0.1) is 0 Å². The predicted octanol–water partition coefficient (Wildman–Crippen LogP) is 3.14. The van der Waals surface area contributed by atoms with Gasteiger partial charge in [0.05, 0.1) is 13.7 Å². The minimum absolute atomic E-state index is 0.162. The first-order chi connectivity index (χ1) is 13.1. The second kappa shape index (κ2) is 8.58. The predicted molar refractivity (Wildman–Crippen MR) is 103 cm³/mol. The summed E-state index contributed by atoms with van der Waals surface area (Å²) >= 11 is 0. The molecule has 2 aromatic rings. The lowest BCUT2D eigenvalue weighted by atomic mass is 10.1. The van der Waals surface area contributed by atoms with Crippen LogP contribution in [-0.2, 0) is 17.8 Å². The molecule has 6 nitrogen and oxygen atoms in total. The Hall–Kier alpha value is -3.02. The van der Waals surface area contributed by atoms with E-state index in [1.54, 1.807) is 25.4 Å². The number of pyridine rings is 1. The molecule has 2 heterocycles. The molecule has 3 rings (SSSR count). The number of hydrogen-bond acceptors (Lipinski definition) is 5. The molecule has 1 atom stereocenters. The van der Waals surface area contributed by atoms with Crippen LogP contribution in [0.4, 0.5) is 0 Å². The molecule has 1 amide bonds. The van der Waals surface area contributed by atoms with Crippen LogP contribution in [0.1, 0.15) is 30.5 Å². The topological polar surface area (TPSA) is 69.7 Å². The van der Waals surface area contributed by atoms with E-state index in [4.69, 9.17) is 14.2 Å². The molecule has 1 aliphatic rings. The van der Waals surface area contributed by atoms with Crippen LogP contribution in [-0.4, -0.2) is 30.7 Å².